The van der Waals surface area contributed by atoms with Crippen molar-refractivity contribution in [3.8, 4) is 5.75 Å². The van der Waals surface area contributed by atoms with Crippen molar-refractivity contribution in [2.24, 2.45) is 0 Å². The van der Waals surface area contributed by atoms with Crippen LogP contribution in [0.1, 0.15) is 43.2 Å². The number of phenols is 1. The minimum Gasteiger partial charge on any atom is -0.506 e. The molecule has 3 fully saturated rings. The zero-order valence-electron chi connectivity index (χ0n) is 25.5. The van der Waals surface area contributed by atoms with Gasteiger partial charge >= 0.3 is 6.03 Å². The molecule has 6 rings (SSSR count). The number of para-hydroxylation sites is 1. The third-order valence-corrected chi connectivity index (χ3v) is 10.9. The van der Waals surface area contributed by atoms with Gasteiger partial charge in [0.15, 0.2) is 5.66 Å². The first-order chi connectivity index (χ1) is 21.8. The number of nitrogens with zero attached hydrogens (tertiary/aromatic N) is 4. The lowest BCUT2D eigenvalue weighted by Gasteiger charge is -2.62. The van der Waals surface area contributed by atoms with E-state index in [1.54, 1.807) is 12.1 Å². The number of benzene rings is 2. The number of nitrogens with one attached hydrogen (secondary N) is 1. The van der Waals surface area contributed by atoms with Crippen molar-refractivity contribution in [1.29, 1.82) is 0 Å². The summed E-state index contributed by atoms with van der Waals surface area (Å²) in [5, 5.41) is 26.8. The molecule has 0 radical (unpaired) electrons. The number of hydrogen-bond donors (Lipinski definition) is 2. The molecule has 0 aromatic heterocycles. The van der Waals surface area contributed by atoms with Crippen molar-refractivity contribution >= 4 is 35.7 Å². The number of likely N-dealkylation sites (tertiary alicyclic amines) is 2. The number of ether oxygens (including phenoxy) is 1. The number of morpholine rings is 1. The predicted molar refractivity (Wildman–Crippen MR) is 167 cm³/mol. The van der Waals surface area contributed by atoms with Crippen LogP contribution in [0.25, 0.3) is 0 Å². The number of amides is 3. The first-order valence-electron chi connectivity index (χ1n) is 16.0. The zero-order chi connectivity index (χ0) is 31.6. The molecule has 12 heteroatoms. The molecule has 3 atom stereocenters. The van der Waals surface area contributed by atoms with Crippen LogP contribution in [0.2, 0.25) is 5.02 Å². The predicted octanol–water partition coefficient (Wildman–Crippen LogP) is 3.04. The molecule has 2 aromatic carbocycles. The molecule has 242 valence electrons. The van der Waals surface area contributed by atoms with Crippen molar-refractivity contribution in [3.05, 3.63) is 58.6 Å². The number of carboxylic acid groups (broad SMARTS) is 1. The normalized spacial score (nSPS) is 28.6. The van der Waals surface area contributed by atoms with Gasteiger partial charge in [0.25, 0.3) is 6.09 Å². The van der Waals surface area contributed by atoms with E-state index in [9.17, 15) is 24.6 Å². The average molecular weight is 640 g/mol. The number of carbonyl (C=O) groups is 3. The van der Waals surface area contributed by atoms with E-state index >= 15 is 0 Å². The molecule has 2 unspecified atom stereocenters. The Morgan fingerprint density at radius 3 is 2.56 bits per heavy atom. The average Bonchev–Trinajstić information content (AvgIpc) is 3.22. The topological polar surface area (TPSA) is 125 Å². The summed E-state index contributed by atoms with van der Waals surface area (Å²) in [6, 6.07) is 12.3. The molecule has 11 nitrogen and oxygen atoms in total. The molecule has 0 saturated carbocycles. The van der Waals surface area contributed by atoms with Crippen LogP contribution in [-0.4, -0.2) is 113 Å². The van der Waals surface area contributed by atoms with E-state index < -0.39 is 16.2 Å². The number of halogens is 1. The molecule has 3 amide bonds. The molecule has 0 spiro atoms. The van der Waals surface area contributed by atoms with Crippen molar-refractivity contribution < 1.29 is 33.8 Å². The molecule has 4 aliphatic heterocycles. The van der Waals surface area contributed by atoms with Crippen LogP contribution in [0.5, 0.6) is 5.75 Å². The van der Waals surface area contributed by atoms with Crippen molar-refractivity contribution in [2.75, 3.05) is 57.8 Å². The largest absolute Gasteiger partial charge is 0.506 e. The molecular formula is C33H42ClN5O6. The monoisotopic (exact) mass is 639 g/mol. The van der Waals surface area contributed by atoms with Gasteiger partial charge < -0.3 is 34.8 Å². The van der Waals surface area contributed by atoms with E-state index in [0.29, 0.717) is 63.7 Å². The van der Waals surface area contributed by atoms with Crippen LogP contribution in [0.3, 0.4) is 0 Å². The van der Waals surface area contributed by atoms with Crippen molar-refractivity contribution in [2.45, 2.75) is 62.8 Å². The van der Waals surface area contributed by atoms with Gasteiger partial charge in [-0.25, -0.2) is 4.79 Å². The molecule has 45 heavy (non-hydrogen) atoms. The third-order valence-electron chi connectivity index (χ3n) is 10.6. The number of aldehydes is 1. The van der Waals surface area contributed by atoms with E-state index in [2.05, 4.69) is 15.1 Å². The Bertz CT molecular complexity index is 1410. The van der Waals surface area contributed by atoms with Gasteiger partial charge in [-0.3, -0.25) is 14.3 Å². The lowest BCUT2D eigenvalue weighted by Crippen LogP contribution is -2.80. The first-order valence-corrected chi connectivity index (χ1v) is 16.4. The number of anilines is 1. The second kappa shape index (κ2) is 13.3. The molecule has 4 aliphatic rings. The molecule has 2 aromatic rings. The molecule has 4 heterocycles. The van der Waals surface area contributed by atoms with Gasteiger partial charge in [0.05, 0.1) is 31.2 Å². The Morgan fingerprint density at radius 1 is 1.09 bits per heavy atom. The minimum absolute atomic E-state index is 0.0266. The van der Waals surface area contributed by atoms with Crippen LogP contribution in [0, 0.1) is 0 Å². The summed E-state index contributed by atoms with van der Waals surface area (Å²) in [5.41, 5.74) is 1.30. The second-order valence-electron chi connectivity index (χ2n) is 12.8. The maximum Gasteiger partial charge on any atom is 0.322 e. The second-order valence-corrected chi connectivity index (χ2v) is 13.2. The SMILES string of the molecule is O=CCC1(N2CCC(N3CCOCC3)CC2)CC(N2CCc3ccccc3NC2=O)CC[N@+]1(Cc1ccc(O)c(Cl)c1)C(=O)[O-]. The fraction of sp³-hybridized carbons (Fsp3) is 0.545. The van der Waals surface area contributed by atoms with Gasteiger partial charge in [0, 0.05) is 68.9 Å². The lowest BCUT2D eigenvalue weighted by atomic mass is 9.81. The number of aromatic hydroxyl groups is 1. The quantitative estimate of drug-likeness (QED) is 0.350. The number of quaternary nitrogens is 1. The highest BCUT2D eigenvalue weighted by Crippen LogP contribution is 2.46. The van der Waals surface area contributed by atoms with Gasteiger partial charge in [-0.05, 0) is 49.1 Å². The number of hydrogen-bond acceptors (Lipinski definition) is 8. The van der Waals surface area contributed by atoms with Crippen molar-refractivity contribution in [1.82, 2.24) is 14.7 Å². The van der Waals surface area contributed by atoms with Crippen LogP contribution in [0.4, 0.5) is 15.3 Å². The van der Waals surface area contributed by atoms with E-state index in [1.807, 2.05) is 29.2 Å². The maximum atomic E-state index is 13.6. The Balaban J connectivity index is 1.36. The maximum absolute atomic E-state index is 13.6. The summed E-state index contributed by atoms with van der Waals surface area (Å²) in [7, 11) is 0. The Hall–Kier alpha value is -3.22. The number of urea groups is 1. The number of rotatable bonds is 7. The van der Waals surface area contributed by atoms with Gasteiger partial charge in [0.1, 0.15) is 18.6 Å². The number of carbonyl (C=O) groups excluding carboxylic acids is 3. The van der Waals surface area contributed by atoms with Gasteiger partial charge in [0.2, 0.25) is 0 Å². The highest BCUT2D eigenvalue weighted by molar-refractivity contribution is 6.32. The molecule has 0 aliphatic carbocycles. The summed E-state index contributed by atoms with van der Waals surface area (Å²) in [4.78, 5) is 46.3. The Morgan fingerprint density at radius 2 is 1.84 bits per heavy atom. The molecule has 2 N–H and O–H groups in total. The molecule has 0 bridgehead atoms. The summed E-state index contributed by atoms with van der Waals surface area (Å²) in [5.74, 6) is -0.0864. The van der Waals surface area contributed by atoms with Crippen LogP contribution >= 0.6 is 11.6 Å². The summed E-state index contributed by atoms with van der Waals surface area (Å²) >= 11 is 6.27. The van der Waals surface area contributed by atoms with Gasteiger partial charge in [-0.1, -0.05) is 29.8 Å². The highest BCUT2D eigenvalue weighted by Gasteiger charge is 2.61. The van der Waals surface area contributed by atoms with E-state index in [4.69, 9.17) is 16.3 Å². The first kappa shape index (κ1) is 31.7. The summed E-state index contributed by atoms with van der Waals surface area (Å²) in [6.45, 7) is 5.08. The van der Waals surface area contributed by atoms with Gasteiger partial charge in [-0.15, -0.1) is 0 Å². The highest BCUT2D eigenvalue weighted by atomic mass is 35.5. The zero-order valence-corrected chi connectivity index (χ0v) is 26.3. The Labute approximate surface area is 268 Å². The Kier molecular flexibility index (Phi) is 9.35. The fourth-order valence-electron chi connectivity index (χ4n) is 8.26. The summed E-state index contributed by atoms with van der Waals surface area (Å²) in [6.07, 6.45) is 2.61. The van der Waals surface area contributed by atoms with Crippen LogP contribution in [-0.2, 0) is 22.5 Å². The minimum atomic E-state index is -1.26. The fourth-order valence-corrected chi connectivity index (χ4v) is 8.46. The van der Waals surface area contributed by atoms with E-state index in [-0.39, 0.29) is 42.4 Å². The summed E-state index contributed by atoms with van der Waals surface area (Å²) < 4.78 is 5.08. The van der Waals surface area contributed by atoms with Gasteiger partial charge in [-0.2, -0.15) is 0 Å². The van der Waals surface area contributed by atoms with Crippen LogP contribution < -0.4 is 10.4 Å². The smallest absolute Gasteiger partial charge is 0.322 e. The van der Waals surface area contributed by atoms with E-state index in [1.165, 1.54) is 6.07 Å². The number of fused-ring (bicyclic) bond motifs is 1. The van der Waals surface area contributed by atoms with Crippen molar-refractivity contribution in [3.63, 3.8) is 0 Å². The third kappa shape index (κ3) is 6.04. The molecule has 3 saturated heterocycles. The van der Waals surface area contributed by atoms with Crippen LogP contribution in [0.15, 0.2) is 42.5 Å². The lowest BCUT2D eigenvalue weighted by molar-refractivity contribution is -0.956. The standard InChI is InChI=1S/C33H42ClN5O6/c34-28-21-24(5-6-30(28)41)23-39(32(43)44)17-10-27(38-14-7-25-3-1-2-4-29(25)35-31(38)42)22-33(39,11-18-40)37-12-8-26(9-13-37)36-15-19-45-20-16-36/h1-6,18,21,26-27H,7-17,19-20,22-23H2,(H2-,35,41,42,43,44)/t27?,33?,39-/m0/s1. The van der Waals surface area contributed by atoms with E-state index in [0.717, 1.165) is 43.5 Å². The number of piperidine rings is 2. The molecular weight excluding hydrogens is 598 g/mol. The number of phenolic OH excluding ortho intramolecular Hbond substituents is 1.